The van der Waals surface area contributed by atoms with Gasteiger partial charge in [-0.2, -0.15) is 0 Å². The minimum atomic E-state index is 0.485. The van der Waals surface area contributed by atoms with Crippen LogP contribution >= 0.6 is 0 Å². The molecule has 0 spiro atoms. The van der Waals surface area contributed by atoms with Gasteiger partial charge in [0.05, 0.1) is 6.04 Å². The first-order valence-corrected chi connectivity index (χ1v) is 8.60. The molecular weight excluding hydrogens is 248 g/mol. The molecule has 1 unspecified atom stereocenters. The zero-order chi connectivity index (χ0) is 13.4. The highest BCUT2D eigenvalue weighted by atomic mass is 15.3. The highest BCUT2D eigenvalue weighted by Gasteiger charge is 2.38. The van der Waals surface area contributed by atoms with Crippen molar-refractivity contribution in [2.75, 3.05) is 6.54 Å². The molecule has 1 aromatic heterocycles. The van der Waals surface area contributed by atoms with Crippen LogP contribution in [0.4, 0.5) is 0 Å². The Morgan fingerprint density at radius 3 is 2.30 bits per heavy atom. The smallest absolute Gasteiger partial charge is 0.150 e. The lowest BCUT2D eigenvalue weighted by Crippen LogP contribution is -2.35. The van der Waals surface area contributed by atoms with E-state index in [0.717, 1.165) is 19.0 Å². The van der Waals surface area contributed by atoms with Gasteiger partial charge in [0.2, 0.25) is 0 Å². The van der Waals surface area contributed by atoms with Gasteiger partial charge in [-0.15, -0.1) is 10.2 Å². The Labute approximate surface area is 121 Å². The first-order valence-electron chi connectivity index (χ1n) is 8.60. The highest BCUT2D eigenvalue weighted by Crippen LogP contribution is 2.42. The summed E-state index contributed by atoms with van der Waals surface area (Å²) in [5, 5.41) is 12.9. The van der Waals surface area contributed by atoms with Crippen LogP contribution in [0.2, 0.25) is 0 Å². The van der Waals surface area contributed by atoms with Crippen molar-refractivity contribution in [3.8, 4) is 0 Å². The number of hydrogen-bond acceptors (Lipinski definition) is 3. The molecule has 0 saturated heterocycles. The maximum atomic E-state index is 4.63. The van der Waals surface area contributed by atoms with E-state index in [4.69, 9.17) is 0 Å². The third-order valence-corrected chi connectivity index (χ3v) is 5.35. The zero-order valence-electron chi connectivity index (χ0n) is 12.4. The maximum absolute atomic E-state index is 4.63. The van der Waals surface area contributed by atoms with E-state index in [9.17, 15) is 0 Å². The second-order valence-corrected chi connectivity index (χ2v) is 6.88. The van der Waals surface area contributed by atoms with Crippen molar-refractivity contribution < 1.29 is 0 Å². The molecule has 0 bridgehead atoms. The molecule has 1 N–H and O–H groups in total. The predicted octanol–water partition coefficient (Wildman–Crippen LogP) is 3.16. The van der Waals surface area contributed by atoms with Gasteiger partial charge in [-0.05, 0) is 31.6 Å². The van der Waals surface area contributed by atoms with E-state index in [0.29, 0.717) is 12.0 Å². The molecule has 110 valence electrons. The summed E-state index contributed by atoms with van der Waals surface area (Å²) in [6.45, 7) is 2.16. The Bertz CT molecular complexity index is 455. The summed E-state index contributed by atoms with van der Waals surface area (Å²) < 4.78 is 2.46. The average molecular weight is 274 g/mol. The summed E-state index contributed by atoms with van der Waals surface area (Å²) >= 11 is 0. The summed E-state index contributed by atoms with van der Waals surface area (Å²) in [6, 6.07) is 0.485. The zero-order valence-corrected chi connectivity index (χ0v) is 12.4. The molecule has 2 aliphatic carbocycles. The molecule has 0 aromatic carbocycles. The fourth-order valence-electron chi connectivity index (χ4n) is 4.03. The quantitative estimate of drug-likeness (QED) is 0.901. The molecule has 4 heteroatoms. The fraction of sp³-hybridized carbons (Fsp3) is 0.875. The standard InChI is InChI=1S/C16H26N4/c1-2-4-6-13(7-5-3-1)15-18-19-16-14(12-8-9-12)17-10-11-20(15)16/h12-14,17H,1-11H2. The predicted molar refractivity (Wildman–Crippen MR) is 78.5 cm³/mol. The van der Waals surface area contributed by atoms with Gasteiger partial charge in [-0.25, -0.2) is 0 Å². The van der Waals surface area contributed by atoms with Gasteiger partial charge >= 0.3 is 0 Å². The van der Waals surface area contributed by atoms with Crippen LogP contribution in [0.1, 0.15) is 81.4 Å². The summed E-state index contributed by atoms with van der Waals surface area (Å²) in [5.41, 5.74) is 0. The Balaban J connectivity index is 1.58. The lowest BCUT2D eigenvalue weighted by atomic mass is 9.90. The van der Waals surface area contributed by atoms with Crippen LogP contribution in [-0.4, -0.2) is 21.3 Å². The van der Waals surface area contributed by atoms with Crippen molar-refractivity contribution in [3.63, 3.8) is 0 Å². The molecule has 0 amide bonds. The van der Waals surface area contributed by atoms with Gasteiger partial charge in [0.1, 0.15) is 5.82 Å². The van der Waals surface area contributed by atoms with Crippen LogP contribution in [0.5, 0.6) is 0 Å². The molecule has 2 fully saturated rings. The van der Waals surface area contributed by atoms with Crippen molar-refractivity contribution in [1.29, 1.82) is 0 Å². The third-order valence-electron chi connectivity index (χ3n) is 5.35. The summed E-state index contributed by atoms with van der Waals surface area (Å²) in [6.07, 6.45) is 12.4. The SMILES string of the molecule is C1CCCC(c2nnc3n2CCNC3C2CC2)CCC1. The van der Waals surface area contributed by atoms with Crippen LogP contribution in [0.15, 0.2) is 0 Å². The number of fused-ring (bicyclic) bond motifs is 1. The summed E-state index contributed by atoms with van der Waals surface area (Å²) in [4.78, 5) is 0. The molecule has 4 nitrogen and oxygen atoms in total. The normalized spacial score (nSPS) is 28.7. The molecular formula is C16H26N4. The lowest BCUT2D eigenvalue weighted by Gasteiger charge is -2.27. The maximum Gasteiger partial charge on any atom is 0.150 e. The van der Waals surface area contributed by atoms with E-state index >= 15 is 0 Å². The number of nitrogens with zero attached hydrogens (tertiary/aromatic N) is 3. The Morgan fingerprint density at radius 1 is 0.850 bits per heavy atom. The highest BCUT2D eigenvalue weighted by molar-refractivity contribution is 5.11. The van der Waals surface area contributed by atoms with Crippen LogP contribution in [-0.2, 0) is 6.54 Å². The van der Waals surface area contributed by atoms with Gasteiger partial charge in [0.25, 0.3) is 0 Å². The van der Waals surface area contributed by atoms with Crippen molar-refractivity contribution in [2.24, 2.45) is 5.92 Å². The molecule has 1 aliphatic heterocycles. The number of rotatable bonds is 2. The van der Waals surface area contributed by atoms with Crippen molar-refractivity contribution in [3.05, 3.63) is 11.6 Å². The Kier molecular flexibility index (Phi) is 3.51. The molecule has 4 rings (SSSR count). The summed E-state index contributed by atoms with van der Waals surface area (Å²) in [7, 11) is 0. The number of hydrogen-bond donors (Lipinski definition) is 1. The van der Waals surface area contributed by atoms with Gasteiger partial charge < -0.3 is 9.88 Å². The first kappa shape index (κ1) is 12.8. The van der Waals surface area contributed by atoms with Crippen LogP contribution in [0.3, 0.4) is 0 Å². The average Bonchev–Trinajstić information content (AvgIpc) is 3.18. The van der Waals surface area contributed by atoms with Crippen LogP contribution in [0, 0.1) is 5.92 Å². The minimum Gasteiger partial charge on any atom is -0.312 e. The Morgan fingerprint density at radius 2 is 1.55 bits per heavy atom. The van der Waals surface area contributed by atoms with Gasteiger partial charge in [-0.1, -0.05) is 32.1 Å². The molecule has 3 aliphatic rings. The van der Waals surface area contributed by atoms with Crippen molar-refractivity contribution in [2.45, 2.75) is 76.3 Å². The van der Waals surface area contributed by atoms with E-state index in [1.54, 1.807) is 0 Å². The third kappa shape index (κ3) is 2.39. The molecule has 2 heterocycles. The second kappa shape index (κ2) is 5.47. The van der Waals surface area contributed by atoms with Gasteiger partial charge in [0.15, 0.2) is 5.82 Å². The fourth-order valence-corrected chi connectivity index (χ4v) is 4.03. The van der Waals surface area contributed by atoms with Gasteiger partial charge in [0, 0.05) is 19.0 Å². The largest absolute Gasteiger partial charge is 0.312 e. The van der Waals surface area contributed by atoms with Crippen molar-refractivity contribution in [1.82, 2.24) is 20.1 Å². The van der Waals surface area contributed by atoms with Crippen LogP contribution < -0.4 is 5.32 Å². The molecule has 1 aromatic rings. The molecule has 2 saturated carbocycles. The summed E-state index contributed by atoms with van der Waals surface area (Å²) in [5.74, 6) is 4.02. The van der Waals surface area contributed by atoms with E-state index in [2.05, 4.69) is 20.1 Å². The number of nitrogens with one attached hydrogen (secondary N) is 1. The molecule has 0 radical (unpaired) electrons. The minimum absolute atomic E-state index is 0.485. The second-order valence-electron chi connectivity index (χ2n) is 6.88. The molecule has 1 atom stereocenters. The van der Waals surface area contributed by atoms with E-state index < -0.39 is 0 Å². The first-order chi connectivity index (χ1) is 9.93. The van der Waals surface area contributed by atoms with Crippen molar-refractivity contribution >= 4 is 0 Å². The monoisotopic (exact) mass is 274 g/mol. The van der Waals surface area contributed by atoms with E-state index in [1.165, 1.54) is 69.4 Å². The lowest BCUT2D eigenvalue weighted by molar-refractivity contribution is 0.363. The topological polar surface area (TPSA) is 42.7 Å². The Hall–Kier alpha value is -0.900. The van der Waals surface area contributed by atoms with E-state index in [-0.39, 0.29) is 0 Å². The van der Waals surface area contributed by atoms with Crippen LogP contribution in [0.25, 0.3) is 0 Å². The molecule has 20 heavy (non-hydrogen) atoms. The van der Waals surface area contributed by atoms with E-state index in [1.807, 2.05) is 0 Å². The van der Waals surface area contributed by atoms with Gasteiger partial charge in [-0.3, -0.25) is 0 Å². The number of aromatic nitrogens is 3.